The maximum Gasteiger partial charge on any atom is 0.234 e. The molecule has 4 nitrogen and oxygen atoms in total. The third kappa shape index (κ3) is 3.99. The van der Waals surface area contributed by atoms with Crippen LogP contribution in [0.1, 0.15) is 12.8 Å². The first-order valence-electron chi connectivity index (χ1n) is 8.91. The van der Waals surface area contributed by atoms with Crippen LogP contribution in [-0.2, 0) is 4.79 Å². The molecule has 4 rings (SSSR count). The molecule has 1 aliphatic rings. The molecule has 0 radical (unpaired) electrons. The molecule has 1 fully saturated rings. The second-order valence-corrected chi connectivity index (χ2v) is 7.42. The van der Waals surface area contributed by atoms with Crippen molar-refractivity contribution >= 4 is 39.9 Å². The first-order chi connectivity index (χ1) is 12.8. The van der Waals surface area contributed by atoms with Gasteiger partial charge in [-0.25, -0.2) is 4.98 Å². The van der Waals surface area contributed by atoms with Crippen LogP contribution in [0, 0.1) is 0 Å². The summed E-state index contributed by atoms with van der Waals surface area (Å²) in [5, 5.41) is 4.94. The smallest absolute Gasteiger partial charge is 0.234 e. The SMILES string of the molecule is O=C(CSc1ccc2ccccc2n1)Nc1ccc(N2CCCC2)cc1. The van der Waals surface area contributed by atoms with Crippen molar-refractivity contribution in [2.45, 2.75) is 17.9 Å². The second-order valence-electron chi connectivity index (χ2n) is 6.42. The number of hydrogen-bond acceptors (Lipinski definition) is 4. The van der Waals surface area contributed by atoms with Gasteiger partial charge >= 0.3 is 0 Å². The van der Waals surface area contributed by atoms with Crippen LogP contribution in [0.2, 0.25) is 0 Å². The maximum atomic E-state index is 12.2. The minimum absolute atomic E-state index is 0.0149. The number of carbonyl (C=O) groups excluding carboxylic acids is 1. The van der Waals surface area contributed by atoms with Gasteiger partial charge in [-0.1, -0.05) is 36.0 Å². The molecule has 1 amide bonds. The Bertz CT molecular complexity index is 905. The fourth-order valence-corrected chi connectivity index (χ4v) is 3.87. The average Bonchev–Trinajstić information content (AvgIpc) is 3.22. The van der Waals surface area contributed by atoms with Gasteiger partial charge in [0.1, 0.15) is 0 Å². The summed E-state index contributed by atoms with van der Waals surface area (Å²) in [7, 11) is 0. The standard InChI is InChI=1S/C21H21N3OS/c25-20(15-26-21-12-7-16-5-1-2-6-19(16)23-21)22-17-8-10-18(11-9-17)24-13-3-4-14-24/h1-2,5-12H,3-4,13-15H2,(H,22,25). The first kappa shape index (κ1) is 16.9. The lowest BCUT2D eigenvalue weighted by atomic mass is 10.2. The summed E-state index contributed by atoms with van der Waals surface area (Å²) in [5.41, 5.74) is 3.02. The van der Waals surface area contributed by atoms with E-state index in [9.17, 15) is 4.79 Å². The van der Waals surface area contributed by atoms with Gasteiger partial charge < -0.3 is 10.2 Å². The van der Waals surface area contributed by atoms with E-state index < -0.39 is 0 Å². The van der Waals surface area contributed by atoms with Crippen LogP contribution in [-0.4, -0.2) is 29.7 Å². The number of amides is 1. The van der Waals surface area contributed by atoms with Crippen LogP contribution in [0.15, 0.2) is 65.7 Å². The fourth-order valence-electron chi connectivity index (χ4n) is 3.20. The van der Waals surface area contributed by atoms with Gasteiger partial charge in [0.15, 0.2) is 0 Å². The largest absolute Gasteiger partial charge is 0.372 e. The average molecular weight is 363 g/mol. The zero-order valence-electron chi connectivity index (χ0n) is 14.5. The molecule has 5 heteroatoms. The Kier molecular flexibility index (Phi) is 5.07. The summed E-state index contributed by atoms with van der Waals surface area (Å²) in [4.78, 5) is 19.2. The lowest BCUT2D eigenvalue weighted by molar-refractivity contribution is -0.113. The van der Waals surface area contributed by atoms with Crippen molar-refractivity contribution in [1.29, 1.82) is 0 Å². The number of nitrogens with zero attached hydrogens (tertiary/aromatic N) is 2. The third-order valence-corrected chi connectivity index (χ3v) is 5.48. The predicted molar refractivity (Wildman–Crippen MR) is 109 cm³/mol. The van der Waals surface area contributed by atoms with Crippen molar-refractivity contribution in [1.82, 2.24) is 4.98 Å². The summed E-state index contributed by atoms with van der Waals surface area (Å²) in [5.74, 6) is 0.332. The van der Waals surface area contributed by atoms with Crippen molar-refractivity contribution in [2.75, 3.05) is 29.1 Å². The second kappa shape index (κ2) is 7.79. The maximum absolute atomic E-state index is 12.2. The Labute approximate surface area is 157 Å². The Hall–Kier alpha value is -2.53. The molecule has 1 saturated heterocycles. The van der Waals surface area contributed by atoms with E-state index in [1.807, 2.05) is 48.5 Å². The zero-order valence-corrected chi connectivity index (χ0v) is 15.3. The number of anilines is 2. The molecular formula is C21H21N3OS. The van der Waals surface area contributed by atoms with E-state index in [2.05, 4.69) is 27.3 Å². The van der Waals surface area contributed by atoms with Gasteiger partial charge in [-0.05, 0) is 49.2 Å². The van der Waals surface area contributed by atoms with E-state index in [1.165, 1.54) is 30.3 Å². The normalized spacial score (nSPS) is 13.9. The summed E-state index contributed by atoms with van der Waals surface area (Å²) in [6.07, 6.45) is 2.52. The topological polar surface area (TPSA) is 45.2 Å². The molecule has 1 N–H and O–H groups in total. The molecule has 0 spiro atoms. The molecule has 2 aromatic carbocycles. The Morgan fingerprint density at radius 2 is 1.77 bits per heavy atom. The molecule has 0 unspecified atom stereocenters. The number of thioether (sulfide) groups is 1. The highest BCUT2D eigenvalue weighted by atomic mass is 32.2. The summed E-state index contributed by atoms with van der Waals surface area (Å²) in [6, 6.07) is 20.1. The van der Waals surface area contributed by atoms with Crippen LogP contribution in [0.3, 0.4) is 0 Å². The minimum atomic E-state index is -0.0149. The third-order valence-electron chi connectivity index (χ3n) is 4.55. The van der Waals surface area contributed by atoms with Gasteiger partial charge in [0.25, 0.3) is 0 Å². The first-order valence-corrected chi connectivity index (χ1v) is 9.90. The van der Waals surface area contributed by atoms with Gasteiger partial charge in [0.2, 0.25) is 5.91 Å². The van der Waals surface area contributed by atoms with E-state index in [4.69, 9.17) is 0 Å². The minimum Gasteiger partial charge on any atom is -0.372 e. The molecule has 3 aromatic rings. The van der Waals surface area contributed by atoms with Crippen molar-refractivity contribution in [3.05, 3.63) is 60.7 Å². The van der Waals surface area contributed by atoms with E-state index in [1.54, 1.807) is 0 Å². The number of para-hydroxylation sites is 1. The van der Waals surface area contributed by atoms with E-state index >= 15 is 0 Å². The van der Waals surface area contributed by atoms with Crippen molar-refractivity contribution in [2.24, 2.45) is 0 Å². The molecular weight excluding hydrogens is 342 g/mol. The summed E-state index contributed by atoms with van der Waals surface area (Å²) < 4.78 is 0. The van der Waals surface area contributed by atoms with Crippen LogP contribution in [0.5, 0.6) is 0 Å². The molecule has 0 atom stereocenters. The number of hydrogen-bond donors (Lipinski definition) is 1. The van der Waals surface area contributed by atoms with Gasteiger partial charge in [-0.3, -0.25) is 4.79 Å². The fraction of sp³-hybridized carbons (Fsp3) is 0.238. The van der Waals surface area contributed by atoms with Crippen LogP contribution >= 0.6 is 11.8 Å². The van der Waals surface area contributed by atoms with Crippen molar-refractivity contribution in [3.8, 4) is 0 Å². The molecule has 2 heterocycles. The van der Waals surface area contributed by atoms with Crippen molar-refractivity contribution < 1.29 is 4.79 Å². The van der Waals surface area contributed by atoms with Crippen LogP contribution in [0.4, 0.5) is 11.4 Å². The zero-order chi connectivity index (χ0) is 17.8. The van der Waals surface area contributed by atoms with E-state index in [-0.39, 0.29) is 5.91 Å². The Morgan fingerprint density at radius 1 is 1.00 bits per heavy atom. The predicted octanol–water partition coefficient (Wildman–Crippen LogP) is 4.57. The number of nitrogens with one attached hydrogen (secondary N) is 1. The Balaban J connectivity index is 1.33. The number of carbonyl (C=O) groups is 1. The van der Waals surface area contributed by atoms with Crippen LogP contribution in [0.25, 0.3) is 10.9 Å². The molecule has 0 saturated carbocycles. The number of pyridine rings is 1. The van der Waals surface area contributed by atoms with Gasteiger partial charge in [0, 0.05) is 29.9 Å². The molecule has 26 heavy (non-hydrogen) atoms. The van der Waals surface area contributed by atoms with E-state index in [0.29, 0.717) is 5.75 Å². The lowest BCUT2D eigenvalue weighted by Crippen LogP contribution is -2.18. The van der Waals surface area contributed by atoms with Gasteiger partial charge in [0.05, 0.1) is 16.3 Å². The monoisotopic (exact) mass is 363 g/mol. The summed E-state index contributed by atoms with van der Waals surface area (Å²) in [6.45, 7) is 2.25. The highest BCUT2D eigenvalue weighted by Gasteiger charge is 2.12. The molecule has 1 aliphatic heterocycles. The molecule has 0 bridgehead atoms. The van der Waals surface area contributed by atoms with Crippen LogP contribution < -0.4 is 10.2 Å². The van der Waals surface area contributed by atoms with Gasteiger partial charge in [-0.15, -0.1) is 0 Å². The Morgan fingerprint density at radius 3 is 2.58 bits per heavy atom. The molecule has 0 aliphatic carbocycles. The summed E-state index contributed by atoms with van der Waals surface area (Å²) >= 11 is 1.45. The number of rotatable bonds is 5. The highest BCUT2D eigenvalue weighted by Crippen LogP contribution is 2.23. The number of aromatic nitrogens is 1. The van der Waals surface area contributed by atoms with Gasteiger partial charge in [-0.2, -0.15) is 0 Å². The lowest BCUT2D eigenvalue weighted by Gasteiger charge is -2.17. The number of fused-ring (bicyclic) bond motifs is 1. The molecule has 1 aromatic heterocycles. The molecule has 132 valence electrons. The van der Waals surface area contributed by atoms with Crippen molar-refractivity contribution in [3.63, 3.8) is 0 Å². The quantitative estimate of drug-likeness (QED) is 0.675. The van der Waals surface area contributed by atoms with E-state index in [0.717, 1.165) is 34.7 Å². The number of benzene rings is 2. The highest BCUT2D eigenvalue weighted by molar-refractivity contribution is 7.99.